The monoisotopic (exact) mass is 478 g/mol. The number of hydrogen-bond acceptors (Lipinski definition) is 5. The summed E-state index contributed by atoms with van der Waals surface area (Å²) in [6.07, 6.45) is 20.2. The molecule has 0 bridgehead atoms. The van der Waals surface area contributed by atoms with Gasteiger partial charge in [-0.3, -0.25) is 4.79 Å². The van der Waals surface area contributed by atoms with Crippen LogP contribution in [0.25, 0.3) is 0 Å². The van der Waals surface area contributed by atoms with Crippen molar-refractivity contribution in [3.05, 3.63) is 29.9 Å². The molecule has 3 N–H and O–H groups in total. The molecule has 5 rings (SSSR count). The molecule has 0 saturated heterocycles. The number of carbonyl (C=O) groups is 1. The van der Waals surface area contributed by atoms with E-state index in [-0.39, 0.29) is 23.3 Å². The Kier molecular flexibility index (Phi) is 6.29. The van der Waals surface area contributed by atoms with Crippen molar-refractivity contribution in [2.45, 2.75) is 77.2 Å². The van der Waals surface area contributed by atoms with Gasteiger partial charge in [0.15, 0.2) is 6.61 Å². The Morgan fingerprint density at radius 3 is 2.89 bits per heavy atom. The van der Waals surface area contributed by atoms with Gasteiger partial charge >= 0.3 is 0 Å². The number of aliphatic hydroxyl groups is 1. The van der Waals surface area contributed by atoms with E-state index in [1.165, 1.54) is 5.57 Å². The van der Waals surface area contributed by atoms with E-state index in [2.05, 4.69) is 46.3 Å². The first-order valence-corrected chi connectivity index (χ1v) is 13.1. The molecule has 0 radical (unpaired) electrons. The number of aromatic nitrogens is 2. The van der Waals surface area contributed by atoms with E-state index in [1.807, 2.05) is 0 Å². The van der Waals surface area contributed by atoms with E-state index in [9.17, 15) is 9.90 Å². The molecule has 3 fully saturated rings. The van der Waals surface area contributed by atoms with Gasteiger partial charge < -0.3 is 20.2 Å². The Bertz CT molecular complexity index is 1060. The van der Waals surface area contributed by atoms with Gasteiger partial charge in [0.25, 0.3) is 5.91 Å². The second-order valence-corrected chi connectivity index (χ2v) is 11.5. The maximum Gasteiger partial charge on any atom is 0.260 e. The van der Waals surface area contributed by atoms with Crippen molar-refractivity contribution in [1.82, 2.24) is 15.3 Å². The summed E-state index contributed by atoms with van der Waals surface area (Å²) in [7, 11) is 0. The van der Waals surface area contributed by atoms with Crippen molar-refractivity contribution in [3.63, 3.8) is 0 Å². The highest BCUT2D eigenvalue weighted by Crippen LogP contribution is 2.67. The predicted octanol–water partition coefficient (Wildman–Crippen LogP) is 3.77. The largest absolute Gasteiger partial charge is 0.385 e. The van der Waals surface area contributed by atoms with Crippen LogP contribution < -0.4 is 5.32 Å². The second kappa shape index (κ2) is 9.13. The summed E-state index contributed by atoms with van der Waals surface area (Å²) in [6, 6.07) is 0. The van der Waals surface area contributed by atoms with Crippen LogP contribution in [0.4, 0.5) is 0 Å². The molecule has 4 aliphatic carbocycles. The number of carbonyl (C=O) groups excluding carboxylic acids is 1. The van der Waals surface area contributed by atoms with E-state index >= 15 is 0 Å². The van der Waals surface area contributed by atoms with Crippen molar-refractivity contribution in [1.29, 1.82) is 0 Å². The number of imidazole rings is 1. The number of aromatic amines is 1. The van der Waals surface area contributed by atoms with Crippen LogP contribution in [0.2, 0.25) is 0 Å². The van der Waals surface area contributed by atoms with E-state index < -0.39 is 5.60 Å². The summed E-state index contributed by atoms with van der Waals surface area (Å²) in [4.78, 5) is 24.5. The molecule has 0 aromatic carbocycles. The van der Waals surface area contributed by atoms with Crippen LogP contribution in [0, 0.1) is 40.9 Å². The van der Waals surface area contributed by atoms with Crippen LogP contribution in [0.1, 0.15) is 70.9 Å². The minimum atomic E-state index is -0.950. The number of nitrogens with zero attached hydrogens (tertiary/aromatic N) is 2. The number of nitrogens with one attached hydrogen (secondary N) is 2. The van der Waals surface area contributed by atoms with E-state index in [1.54, 1.807) is 12.5 Å². The molecule has 188 valence electrons. The lowest BCUT2D eigenvalue weighted by Crippen LogP contribution is -2.54. The molecule has 1 heterocycles. The number of oxime groups is 1. The number of rotatable bonds is 6. The lowest BCUT2D eigenvalue weighted by atomic mass is 9.46. The average molecular weight is 479 g/mol. The van der Waals surface area contributed by atoms with Crippen molar-refractivity contribution < 1.29 is 14.7 Å². The lowest BCUT2D eigenvalue weighted by molar-refractivity contribution is -0.125. The number of allylic oxidation sites excluding steroid dienone is 2. The summed E-state index contributed by atoms with van der Waals surface area (Å²) < 4.78 is 0. The van der Waals surface area contributed by atoms with E-state index in [4.69, 9.17) is 11.3 Å². The van der Waals surface area contributed by atoms with Gasteiger partial charge in [-0.2, -0.15) is 0 Å². The summed E-state index contributed by atoms with van der Waals surface area (Å²) >= 11 is 0. The molecule has 4 aliphatic rings. The zero-order valence-electron chi connectivity index (χ0n) is 21.0. The molecule has 1 amide bonds. The standard InChI is InChI=1S/C28H38N4O3/c1-4-28(34)13-9-24-22-6-5-19-15-20(7-11-26(19,2)23(22)8-12-27(24,28)3)32-35-17-25(33)30-14-10-21-16-29-18-31-21/h1,15-16,18,22-24,34H,5-14,17H2,2-3H3,(H,29,31)(H,30,33)/b32-20+/t22-,23+,24-,26+,27+,28-/m1/s1. The molecule has 0 aliphatic heterocycles. The van der Waals surface area contributed by atoms with Gasteiger partial charge in [-0.05, 0) is 80.6 Å². The Morgan fingerprint density at radius 1 is 1.29 bits per heavy atom. The molecule has 0 spiro atoms. The summed E-state index contributed by atoms with van der Waals surface area (Å²) in [5.41, 5.74) is 2.46. The fourth-order valence-corrected chi connectivity index (χ4v) is 7.88. The molecule has 7 heteroatoms. The highest BCUT2D eigenvalue weighted by atomic mass is 16.6. The fraction of sp³-hybridized carbons (Fsp3) is 0.679. The quantitative estimate of drug-likeness (QED) is 0.428. The minimum absolute atomic E-state index is 0.0734. The van der Waals surface area contributed by atoms with Crippen LogP contribution in [-0.2, 0) is 16.1 Å². The van der Waals surface area contributed by atoms with Gasteiger partial charge in [0.2, 0.25) is 0 Å². The number of terminal acetylenes is 1. The summed E-state index contributed by atoms with van der Waals surface area (Å²) in [5.74, 6) is 4.36. The summed E-state index contributed by atoms with van der Waals surface area (Å²) in [5, 5.41) is 18.3. The first kappa shape index (κ1) is 24.1. The highest BCUT2D eigenvalue weighted by Gasteiger charge is 2.63. The Labute approximate surface area is 208 Å². The maximum atomic E-state index is 12.1. The van der Waals surface area contributed by atoms with Crippen LogP contribution in [-0.4, -0.2) is 45.4 Å². The smallest absolute Gasteiger partial charge is 0.260 e. The third kappa shape index (κ3) is 4.10. The first-order valence-electron chi connectivity index (χ1n) is 13.1. The predicted molar refractivity (Wildman–Crippen MR) is 134 cm³/mol. The lowest BCUT2D eigenvalue weighted by Gasteiger charge is -2.58. The molecule has 0 unspecified atom stereocenters. The third-order valence-electron chi connectivity index (χ3n) is 10.0. The molecule has 1 aromatic heterocycles. The molecule has 35 heavy (non-hydrogen) atoms. The zero-order chi connectivity index (χ0) is 24.7. The van der Waals surface area contributed by atoms with Crippen molar-refractivity contribution in [3.8, 4) is 12.3 Å². The molecule has 7 nitrogen and oxygen atoms in total. The molecular weight excluding hydrogens is 440 g/mol. The van der Waals surface area contributed by atoms with Crippen LogP contribution >= 0.6 is 0 Å². The van der Waals surface area contributed by atoms with Crippen molar-refractivity contribution >= 4 is 11.6 Å². The number of amides is 1. The number of hydrogen-bond donors (Lipinski definition) is 3. The number of fused-ring (bicyclic) bond motifs is 5. The molecule has 6 atom stereocenters. The first-order chi connectivity index (χ1) is 16.8. The second-order valence-electron chi connectivity index (χ2n) is 11.5. The summed E-state index contributed by atoms with van der Waals surface area (Å²) in [6.45, 7) is 5.14. The Morgan fingerprint density at radius 2 is 2.11 bits per heavy atom. The van der Waals surface area contributed by atoms with Gasteiger partial charge in [0.05, 0.1) is 12.0 Å². The highest BCUT2D eigenvalue weighted by molar-refractivity contribution is 5.96. The SMILES string of the molecule is C#C[C@@]1(O)CC[C@@H]2[C@@H]3CCC4=C/C(=N/OCC(=O)NCCc5cnc[nH]5)CC[C@]4(C)[C@H]3CC[C@@]21C. The van der Waals surface area contributed by atoms with Gasteiger partial charge in [-0.15, -0.1) is 6.42 Å². The van der Waals surface area contributed by atoms with Gasteiger partial charge in [0, 0.05) is 30.3 Å². The van der Waals surface area contributed by atoms with Gasteiger partial charge in [0.1, 0.15) is 5.60 Å². The normalized spacial score (nSPS) is 39.1. The van der Waals surface area contributed by atoms with Crippen LogP contribution in [0.5, 0.6) is 0 Å². The van der Waals surface area contributed by atoms with Crippen molar-refractivity contribution in [2.24, 2.45) is 33.7 Å². The zero-order valence-corrected chi connectivity index (χ0v) is 21.0. The minimum Gasteiger partial charge on any atom is -0.385 e. The molecule has 3 saturated carbocycles. The molecular formula is C28H38N4O3. The fourth-order valence-electron chi connectivity index (χ4n) is 7.88. The van der Waals surface area contributed by atoms with Crippen LogP contribution in [0.15, 0.2) is 29.3 Å². The van der Waals surface area contributed by atoms with Crippen molar-refractivity contribution in [2.75, 3.05) is 13.2 Å². The van der Waals surface area contributed by atoms with Gasteiger partial charge in [-0.1, -0.05) is 30.5 Å². The third-order valence-corrected chi connectivity index (χ3v) is 10.0. The Hall–Kier alpha value is -2.59. The maximum absolute atomic E-state index is 12.1. The number of H-pyrrole nitrogens is 1. The van der Waals surface area contributed by atoms with Gasteiger partial charge in [-0.25, -0.2) is 4.98 Å². The van der Waals surface area contributed by atoms with E-state index in [0.29, 0.717) is 30.7 Å². The van der Waals surface area contributed by atoms with E-state index in [0.717, 1.165) is 62.8 Å². The Balaban J connectivity index is 1.19. The molecule has 1 aromatic rings. The van der Waals surface area contributed by atoms with Crippen LogP contribution in [0.3, 0.4) is 0 Å². The average Bonchev–Trinajstić information content (AvgIpc) is 3.45. The topological polar surface area (TPSA) is 99.6 Å².